The van der Waals surface area contributed by atoms with Crippen LogP contribution in [0.3, 0.4) is 0 Å². The Morgan fingerprint density at radius 3 is 3.00 bits per heavy atom. The molecule has 0 radical (unpaired) electrons. The number of fused-ring (bicyclic) bond motifs is 1. The number of benzene rings is 1. The van der Waals surface area contributed by atoms with Crippen molar-refractivity contribution in [3.05, 3.63) is 29.8 Å². The molecule has 4 heteroatoms. The largest absolute Gasteiger partial charge is 0.321 e. The molecule has 2 rings (SSSR count). The van der Waals surface area contributed by atoms with Gasteiger partial charge in [0.1, 0.15) is 11.6 Å². The van der Waals surface area contributed by atoms with E-state index in [1.807, 2.05) is 4.57 Å². The number of nitrogens with zero attached hydrogens (tertiary/aromatic N) is 2. The maximum Gasteiger partial charge on any atom is 0.127 e. The van der Waals surface area contributed by atoms with Crippen LogP contribution in [-0.2, 0) is 6.54 Å². The molecule has 0 saturated carbocycles. The van der Waals surface area contributed by atoms with E-state index in [0.717, 1.165) is 24.2 Å². The van der Waals surface area contributed by atoms with Crippen molar-refractivity contribution >= 4 is 11.0 Å². The molecular weight excluding hydrogens is 229 g/mol. The van der Waals surface area contributed by atoms with Gasteiger partial charge >= 0.3 is 0 Å². The summed E-state index contributed by atoms with van der Waals surface area (Å²) in [5.41, 5.74) is 7.53. The van der Waals surface area contributed by atoms with Gasteiger partial charge in [0.05, 0.1) is 23.6 Å². The quantitative estimate of drug-likeness (QED) is 0.841. The molecule has 1 heterocycles. The summed E-state index contributed by atoms with van der Waals surface area (Å²) >= 11 is 0. The van der Waals surface area contributed by atoms with Crippen LogP contribution >= 0.6 is 0 Å². The Hall–Kier alpha value is -1.86. The molecule has 0 aliphatic carbocycles. The highest BCUT2D eigenvalue weighted by Gasteiger charge is 2.16. The van der Waals surface area contributed by atoms with E-state index < -0.39 is 0 Å². The first-order chi connectivity index (χ1) is 8.67. The molecule has 18 heavy (non-hydrogen) atoms. The Bertz CT molecular complexity index is 595. The molecule has 94 valence electrons. The minimum Gasteiger partial charge on any atom is -0.321 e. The van der Waals surface area contributed by atoms with Gasteiger partial charge in [-0.25, -0.2) is 9.37 Å². The van der Waals surface area contributed by atoms with Crippen LogP contribution in [0.4, 0.5) is 4.39 Å². The van der Waals surface area contributed by atoms with Crippen LogP contribution in [0.15, 0.2) is 18.2 Å². The Labute approximate surface area is 106 Å². The predicted octanol–water partition coefficient (Wildman–Crippen LogP) is 2.61. The van der Waals surface area contributed by atoms with Gasteiger partial charge in [-0.05, 0) is 18.6 Å². The van der Waals surface area contributed by atoms with Crippen molar-refractivity contribution in [1.82, 2.24) is 9.55 Å². The lowest BCUT2D eigenvalue weighted by Crippen LogP contribution is -2.16. The number of halogens is 1. The third kappa shape index (κ3) is 2.22. The van der Waals surface area contributed by atoms with Gasteiger partial charge in [0, 0.05) is 6.07 Å². The zero-order chi connectivity index (χ0) is 13.1. The number of hydrogen-bond donors (Lipinski definition) is 1. The molecular formula is C14H16FN3. The van der Waals surface area contributed by atoms with E-state index >= 15 is 0 Å². The molecule has 0 fully saturated rings. The van der Waals surface area contributed by atoms with Gasteiger partial charge in [-0.1, -0.05) is 19.3 Å². The number of nitrogens with two attached hydrogens (primary N) is 1. The molecule has 0 saturated heterocycles. The molecule has 0 amide bonds. The SMILES string of the molecule is C#CCn1c(C(N)CCC)nc2cc(F)ccc21. The van der Waals surface area contributed by atoms with Crippen molar-refractivity contribution in [2.24, 2.45) is 5.73 Å². The van der Waals surface area contributed by atoms with Gasteiger partial charge < -0.3 is 10.3 Å². The molecule has 3 nitrogen and oxygen atoms in total. The minimum absolute atomic E-state index is 0.168. The van der Waals surface area contributed by atoms with Gasteiger partial charge in [-0.3, -0.25) is 0 Å². The smallest absolute Gasteiger partial charge is 0.127 e. The Morgan fingerprint density at radius 2 is 2.33 bits per heavy atom. The summed E-state index contributed by atoms with van der Waals surface area (Å²) in [4.78, 5) is 4.41. The summed E-state index contributed by atoms with van der Waals surface area (Å²) in [7, 11) is 0. The topological polar surface area (TPSA) is 43.8 Å². The van der Waals surface area contributed by atoms with E-state index in [1.165, 1.54) is 12.1 Å². The lowest BCUT2D eigenvalue weighted by atomic mass is 10.2. The lowest BCUT2D eigenvalue weighted by molar-refractivity contribution is 0.576. The second-order valence-corrected chi connectivity index (χ2v) is 4.29. The van der Waals surface area contributed by atoms with Gasteiger partial charge in [-0.15, -0.1) is 6.42 Å². The lowest BCUT2D eigenvalue weighted by Gasteiger charge is -2.11. The van der Waals surface area contributed by atoms with Crippen molar-refractivity contribution in [1.29, 1.82) is 0 Å². The van der Waals surface area contributed by atoms with Crippen molar-refractivity contribution in [3.63, 3.8) is 0 Å². The van der Waals surface area contributed by atoms with Crippen molar-refractivity contribution in [2.45, 2.75) is 32.4 Å². The normalized spacial score (nSPS) is 12.6. The van der Waals surface area contributed by atoms with E-state index in [2.05, 4.69) is 17.8 Å². The molecule has 2 N–H and O–H groups in total. The fraction of sp³-hybridized carbons (Fsp3) is 0.357. The highest BCUT2D eigenvalue weighted by Crippen LogP contribution is 2.22. The van der Waals surface area contributed by atoms with Crippen molar-refractivity contribution in [2.75, 3.05) is 0 Å². The summed E-state index contributed by atoms with van der Waals surface area (Å²) in [6.45, 7) is 2.46. The van der Waals surface area contributed by atoms with Crippen LogP contribution in [-0.4, -0.2) is 9.55 Å². The van der Waals surface area contributed by atoms with Crippen LogP contribution in [0, 0.1) is 18.2 Å². The summed E-state index contributed by atoms with van der Waals surface area (Å²) < 4.78 is 15.1. The second kappa shape index (κ2) is 5.19. The zero-order valence-corrected chi connectivity index (χ0v) is 10.4. The van der Waals surface area contributed by atoms with Gasteiger partial charge in [0.2, 0.25) is 0 Å². The van der Waals surface area contributed by atoms with Gasteiger partial charge in [-0.2, -0.15) is 0 Å². The molecule has 1 aromatic heterocycles. The predicted molar refractivity (Wildman–Crippen MR) is 70.4 cm³/mol. The fourth-order valence-electron chi connectivity index (χ4n) is 2.10. The first-order valence-corrected chi connectivity index (χ1v) is 6.02. The van der Waals surface area contributed by atoms with Crippen LogP contribution in [0.2, 0.25) is 0 Å². The van der Waals surface area contributed by atoms with Crippen LogP contribution in [0.5, 0.6) is 0 Å². The minimum atomic E-state index is -0.302. The molecule has 0 aliphatic heterocycles. The highest BCUT2D eigenvalue weighted by atomic mass is 19.1. The summed E-state index contributed by atoms with van der Waals surface area (Å²) in [5, 5.41) is 0. The average molecular weight is 245 g/mol. The number of hydrogen-bond acceptors (Lipinski definition) is 2. The van der Waals surface area contributed by atoms with E-state index in [0.29, 0.717) is 12.1 Å². The molecule has 1 unspecified atom stereocenters. The molecule has 0 spiro atoms. The summed E-state index contributed by atoms with van der Waals surface area (Å²) in [6, 6.07) is 4.34. The zero-order valence-electron chi connectivity index (χ0n) is 10.4. The van der Waals surface area contributed by atoms with Crippen LogP contribution in [0.25, 0.3) is 11.0 Å². The van der Waals surface area contributed by atoms with E-state index in [-0.39, 0.29) is 11.9 Å². The maximum atomic E-state index is 13.2. The third-order valence-electron chi connectivity index (χ3n) is 2.92. The molecule has 1 atom stereocenters. The van der Waals surface area contributed by atoms with Gasteiger partial charge in [0.15, 0.2) is 0 Å². The Balaban J connectivity index is 2.57. The standard InChI is InChI=1S/C14H16FN3/c1-3-5-11(16)14-17-12-9-10(15)6-7-13(12)18(14)8-4-2/h2,6-7,9,11H,3,5,8,16H2,1H3. The monoisotopic (exact) mass is 245 g/mol. The van der Waals surface area contributed by atoms with Gasteiger partial charge in [0.25, 0.3) is 0 Å². The Kier molecular flexibility index (Phi) is 3.63. The summed E-state index contributed by atoms with van der Waals surface area (Å²) in [6.07, 6.45) is 7.17. The summed E-state index contributed by atoms with van der Waals surface area (Å²) in [5.74, 6) is 3.02. The maximum absolute atomic E-state index is 13.2. The third-order valence-corrected chi connectivity index (χ3v) is 2.92. The van der Waals surface area contributed by atoms with Crippen molar-refractivity contribution in [3.8, 4) is 12.3 Å². The molecule has 0 bridgehead atoms. The number of imidazole rings is 1. The van der Waals surface area contributed by atoms with Crippen LogP contribution < -0.4 is 5.73 Å². The van der Waals surface area contributed by atoms with E-state index in [9.17, 15) is 4.39 Å². The number of rotatable bonds is 4. The molecule has 1 aromatic carbocycles. The van der Waals surface area contributed by atoms with Crippen molar-refractivity contribution < 1.29 is 4.39 Å². The van der Waals surface area contributed by atoms with Crippen LogP contribution in [0.1, 0.15) is 31.6 Å². The fourth-order valence-corrected chi connectivity index (χ4v) is 2.10. The Morgan fingerprint density at radius 1 is 1.56 bits per heavy atom. The molecule has 0 aliphatic rings. The number of terminal acetylenes is 1. The van der Waals surface area contributed by atoms with E-state index in [1.54, 1.807) is 6.07 Å². The van der Waals surface area contributed by atoms with E-state index in [4.69, 9.17) is 12.2 Å². The number of aromatic nitrogens is 2. The highest BCUT2D eigenvalue weighted by molar-refractivity contribution is 5.76. The molecule has 2 aromatic rings. The first-order valence-electron chi connectivity index (χ1n) is 6.02. The first kappa shape index (κ1) is 12.6. The second-order valence-electron chi connectivity index (χ2n) is 4.29. The average Bonchev–Trinajstić information content (AvgIpc) is 2.68.